The second-order valence-corrected chi connectivity index (χ2v) is 5.52. The lowest BCUT2D eigenvalue weighted by Gasteiger charge is -2.27. The maximum absolute atomic E-state index is 12.5. The van der Waals surface area contributed by atoms with E-state index >= 15 is 0 Å². The number of carbonyl (C=O) groups excluding carboxylic acids is 1. The fourth-order valence-corrected chi connectivity index (χ4v) is 2.79. The van der Waals surface area contributed by atoms with E-state index in [9.17, 15) is 10.1 Å². The van der Waals surface area contributed by atoms with E-state index in [0.717, 1.165) is 0 Å². The van der Waals surface area contributed by atoms with Crippen LogP contribution >= 0.6 is 0 Å². The van der Waals surface area contributed by atoms with E-state index < -0.39 is 11.9 Å². The number of nitrogens with two attached hydrogens (primary N) is 1. The van der Waals surface area contributed by atoms with Crippen LogP contribution in [0.3, 0.4) is 0 Å². The Morgan fingerprint density at radius 2 is 2.15 bits per heavy atom. The van der Waals surface area contributed by atoms with Crippen molar-refractivity contribution in [3.8, 4) is 29.9 Å². The summed E-state index contributed by atoms with van der Waals surface area (Å²) in [5, 5.41) is 9.59. The second kappa shape index (κ2) is 8.68. The van der Waals surface area contributed by atoms with Crippen molar-refractivity contribution in [2.24, 2.45) is 5.73 Å². The van der Waals surface area contributed by atoms with Crippen molar-refractivity contribution < 1.29 is 23.7 Å². The van der Waals surface area contributed by atoms with Crippen LogP contribution in [0.25, 0.3) is 0 Å². The zero-order valence-corrected chi connectivity index (χ0v) is 15.4. The third kappa shape index (κ3) is 3.99. The number of terminal acetylenes is 1. The van der Waals surface area contributed by atoms with E-state index in [2.05, 4.69) is 5.92 Å². The van der Waals surface area contributed by atoms with Crippen molar-refractivity contribution in [1.82, 2.24) is 0 Å². The predicted molar refractivity (Wildman–Crippen MR) is 97.3 cm³/mol. The molecule has 0 amide bonds. The molecule has 2 rings (SSSR count). The summed E-state index contributed by atoms with van der Waals surface area (Å²) in [6, 6.07) is 7.06. The van der Waals surface area contributed by atoms with Gasteiger partial charge in [-0.05, 0) is 31.5 Å². The Bertz CT molecular complexity index is 887. The minimum atomic E-state index is -0.751. The lowest BCUT2D eigenvalue weighted by Crippen LogP contribution is -2.25. The molecule has 140 valence electrons. The number of rotatable bonds is 6. The normalized spacial score (nSPS) is 16.1. The predicted octanol–water partition coefficient (Wildman–Crippen LogP) is 2.35. The zero-order chi connectivity index (χ0) is 20.0. The molecule has 0 bridgehead atoms. The van der Waals surface area contributed by atoms with Crippen LogP contribution in [-0.4, -0.2) is 26.3 Å². The van der Waals surface area contributed by atoms with Crippen LogP contribution in [-0.2, 0) is 14.3 Å². The number of carbonyl (C=O) groups is 1. The van der Waals surface area contributed by atoms with Crippen molar-refractivity contribution >= 4 is 5.97 Å². The Kier molecular flexibility index (Phi) is 6.35. The van der Waals surface area contributed by atoms with Gasteiger partial charge in [0.15, 0.2) is 11.5 Å². The SMILES string of the molecule is C#CCOc1ccc([C@@H]2C(C#N)=C(N)OC(C)=C2C(=O)OCC)cc1OC. The van der Waals surface area contributed by atoms with Gasteiger partial charge < -0.3 is 24.7 Å². The standard InChI is InChI=1S/C20H20N2O5/c1-5-9-26-15-8-7-13(10-16(15)24-4)18-14(11-21)19(22)27-12(3)17(18)20(23)25-6-2/h1,7-8,10,18H,6,9,22H2,2-4H3/t18-/m1/s1. The van der Waals surface area contributed by atoms with Gasteiger partial charge in [-0.15, -0.1) is 6.42 Å². The topological polar surface area (TPSA) is 104 Å². The molecule has 7 heteroatoms. The molecule has 0 spiro atoms. The number of methoxy groups -OCH3 is 1. The summed E-state index contributed by atoms with van der Waals surface area (Å²) in [6.07, 6.45) is 5.22. The van der Waals surface area contributed by atoms with E-state index in [0.29, 0.717) is 17.1 Å². The van der Waals surface area contributed by atoms with Crippen LogP contribution in [0.15, 0.2) is 41.0 Å². The number of ether oxygens (including phenoxy) is 4. The summed E-state index contributed by atoms with van der Waals surface area (Å²) in [5.41, 5.74) is 6.81. The number of hydrogen-bond donors (Lipinski definition) is 1. The first kappa shape index (κ1) is 19.7. The van der Waals surface area contributed by atoms with E-state index in [4.69, 9.17) is 31.1 Å². The van der Waals surface area contributed by atoms with Gasteiger partial charge in [-0.1, -0.05) is 12.0 Å². The quantitative estimate of drug-likeness (QED) is 0.607. The Balaban J connectivity index is 2.59. The highest BCUT2D eigenvalue weighted by Gasteiger charge is 2.36. The zero-order valence-electron chi connectivity index (χ0n) is 15.4. The van der Waals surface area contributed by atoms with Crippen molar-refractivity contribution in [3.05, 3.63) is 46.6 Å². The molecule has 1 aromatic rings. The highest BCUT2D eigenvalue weighted by atomic mass is 16.5. The molecule has 27 heavy (non-hydrogen) atoms. The molecule has 0 radical (unpaired) electrons. The fraction of sp³-hybridized carbons (Fsp3) is 0.300. The van der Waals surface area contributed by atoms with Crippen molar-refractivity contribution in [1.29, 1.82) is 5.26 Å². The molecule has 0 fully saturated rings. The fourth-order valence-electron chi connectivity index (χ4n) is 2.79. The molecule has 1 heterocycles. The number of nitrogens with zero attached hydrogens (tertiary/aromatic N) is 1. The number of esters is 1. The summed E-state index contributed by atoms with van der Waals surface area (Å²) >= 11 is 0. The number of nitriles is 1. The van der Waals surface area contributed by atoms with Gasteiger partial charge in [0.2, 0.25) is 5.88 Å². The Hall–Kier alpha value is -3.58. The molecule has 2 N–H and O–H groups in total. The van der Waals surface area contributed by atoms with Gasteiger partial charge in [0.1, 0.15) is 24.0 Å². The van der Waals surface area contributed by atoms with E-state index in [-0.39, 0.29) is 36.0 Å². The molecule has 1 atom stereocenters. The summed E-state index contributed by atoms with van der Waals surface area (Å²) in [4.78, 5) is 12.5. The molecule has 0 saturated heterocycles. The van der Waals surface area contributed by atoms with Crippen LogP contribution in [0.5, 0.6) is 11.5 Å². The van der Waals surface area contributed by atoms with Crippen LogP contribution in [0.1, 0.15) is 25.3 Å². The van der Waals surface area contributed by atoms with Gasteiger partial charge in [0.25, 0.3) is 0 Å². The lowest BCUT2D eigenvalue weighted by molar-refractivity contribution is -0.139. The molecule has 1 aromatic carbocycles. The summed E-state index contributed by atoms with van der Waals surface area (Å²) in [7, 11) is 1.48. The Morgan fingerprint density at radius 1 is 1.41 bits per heavy atom. The van der Waals surface area contributed by atoms with Crippen LogP contribution in [0.2, 0.25) is 0 Å². The highest BCUT2D eigenvalue weighted by molar-refractivity contribution is 5.92. The van der Waals surface area contributed by atoms with Crippen molar-refractivity contribution in [2.45, 2.75) is 19.8 Å². The lowest BCUT2D eigenvalue weighted by atomic mass is 9.83. The molecular weight excluding hydrogens is 348 g/mol. The van der Waals surface area contributed by atoms with Crippen molar-refractivity contribution in [2.75, 3.05) is 20.3 Å². The average Bonchev–Trinajstić information content (AvgIpc) is 2.65. The van der Waals surface area contributed by atoms with Gasteiger partial charge in [0.05, 0.1) is 25.2 Å². The summed E-state index contributed by atoms with van der Waals surface area (Å²) in [6.45, 7) is 3.56. The molecule has 0 aromatic heterocycles. The largest absolute Gasteiger partial charge is 0.493 e. The number of hydrogen-bond acceptors (Lipinski definition) is 7. The van der Waals surface area contributed by atoms with E-state index in [1.54, 1.807) is 32.0 Å². The average molecular weight is 368 g/mol. The minimum absolute atomic E-state index is 0.0559. The van der Waals surface area contributed by atoms with Gasteiger partial charge in [-0.2, -0.15) is 5.26 Å². The van der Waals surface area contributed by atoms with Gasteiger partial charge in [0, 0.05) is 0 Å². The van der Waals surface area contributed by atoms with Gasteiger partial charge in [-0.25, -0.2) is 4.79 Å². The molecule has 1 aliphatic heterocycles. The first-order chi connectivity index (χ1) is 13.0. The van der Waals surface area contributed by atoms with Crippen molar-refractivity contribution in [3.63, 3.8) is 0 Å². The van der Waals surface area contributed by atoms with Gasteiger partial charge in [-0.3, -0.25) is 0 Å². The summed E-state index contributed by atoms with van der Waals surface area (Å²) < 4.78 is 21.3. The first-order valence-electron chi connectivity index (χ1n) is 8.18. The van der Waals surface area contributed by atoms with Crippen LogP contribution in [0, 0.1) is 23.7 Å². The van der Waals surface area contributed by atoms with Crippen LogP contribution in [0.4, 0.5) is 0 Å². The molecule has 0 saturated carbocycles. The van der Waals surface area contributed by atoms with E-state index in [1.165, 1.54) is 7.11 Å². The van der Waals surface area contributed by atoms with Gasteiger partial charge >= 0.3 is 5.97 Å². The number of benzene rings is 1. The third-order valence-electron chi connectivity index (χ3n) is 3.93. The first-order valence-corrected chi connectivity index (χ1v) is 8.18. The molecule has 1 aliphatic rings. The maximum atomic E-state index is 12.5. The van der Waals surface area contributed by atoms with E-state index in [1.807, 2.05) is 6.07 Å². The maximum Gasteiger partial charge on any atom is 0.338 e. The Labute approximate surface area is 158 Å². The smallest absolute Gasteiger partial charge is 0.338 e. The van der Waals surface area contributed by atoms with Crippen LogP contribution < -0.4 is 15.2 Å². The highest BCUT2D eigenvalue weighted by Crippen LogP contribution is 2.42. The molecule has 0 unspecified atom stereocenters. The second-order valence-electron chi connectivity index (χ2n) is 5.52. The molecule has 0 aliphatic carbocycles. The molecular formula is C20H20N2O5. The summed E-state index contributed by atoms with van der Waals surface area (Å²) in [5.74, 6) is 2.13. The Morgan fingerprint density at radius 3 is 2.74 bits per heavy atom. The number of allylic oxidation sites excluding steroid dienone is 2. The molecule has 7 nitrogen and oxygen atoms in total. The minimum Gasteiger partial charge on any atom is -0.493 e. The monoisotopic (exact) mass is 368 g/mol. The third-order valence-corrected chi connectivity index (χ3v) is 3.93.